The summed E-state index contributed by atoms with van der Waals surface area (Å²) in [5.74, 6) is 0.179. The minimum atomic E-state index is -3.19. The van der Waals surface area contributed by atoms with Crippen molar-refractivity contribution in [2.24, 2.45) is 0 Å². The van der Waals surface area contributed by atoms with Gasteiger partial charge in [0.25, 0.3) is 0 Å². The first kappa shape index (κ1) is 13.5. The molecule has 0 spiro atoms. The van der Waals surface area contributed by atoms with Crippen molar-refractivity contribution in [3.05, 3.63) is 35.4 Å². The molecule has 0 saturated carbocycles. The minimum Gasteiger partial charge on any atom is -0.313 e. The smallest absolute Gasteiger partial charge is 0.213 e. The first-order valence-electron chi connectivity index (χ1n) is 6.31. The van der Waals surface area contributed by atoms with Gasteiger partial charge in [-0.05, 0) is 31.9 Å². The third kappa shape index (κ3) is 4.08. The van der Waals surface area contributed by atoms with Gasteiger partial charge in [0.1, 0.15) is 0 Å². The van der Waals surface area contributed by atoms with Crippen molar-refractivity contribution >= 4 is 10.0 Å². The summed E-state index contributed by atoms with van der Waals surface area (Å²) in [7, 11) is -3.19. The van der Waals surface area contributed by atoms with E-state index in [0.717, 1.165) is 24.9 Å². The van der Waals surface area contributed by atoms with E-state index in [0.29, 0.717) is 6.54 Å². The molecule has 1 aromatic carbocycles. The van der Waals surface area contributed by atoms with Gasteiger partial charge >= 0.3 is 0 Å². The quantitative estimate of drug-likeness (QED) is 0.842. The topological polar surface area (TPSA) is 58.2 Å². The van der Waals surface area contributed by atoms with Crippen molar-refractivity contribution in [1.29, 1.82) is 0 Å². The summed E-state index contributed by atoms with van der Waals surface area (Å²) in [6, 6.07) is 7.99. The van der Waals surface area contributed by atoms with Crippen LogP contribution < -0.4 is 10.0 Å². The van der Waals surface area contributed by atoms with Crippen LogP contribution in [0.25, 0.3) is 0 Å². The van der Waals surface area contributed by atoms with Crippen molar-refractivity contribution in [3.8, 4) is 0 Å². The fourth-order valence-corrected chi connectivity index (χ4v) is 3.44. The summed E-state index contributed by atoms with van der Waals surface area (Å²) in [5.41, 5.74) is 2.17. The molecule has 5 heteroatoms. The largest absolute Gasteiger partial charge is 0.313 e. The zero-order valence-electron chi connectivity index (χ0n) is 10.6. The van der Waals surface area contributed by atoms with E-state index >= 15 is 0 Å². The highest BCUT2D eigenvalue weighted by Gasteiger charge is 2.21. The molecule has 0 aliphatic carbocycles. The molecular formula is C13H20N2O2S. The predicted molar refractivity (Wildman–Crippen MR) is 72.8 cm³/mol. The lowest BCUT2D eigenvalue weighted by molar-refractivity contribution is 0.563. The zero-order chi connectivity index (χ0) is 13.0. The summed E-state index contributed by atoms with van der Waals surface area (Å²) in [4.78, 5) is 0. The molecule has 18 heavy (non-hydrogen) atoms. The van der Waals surface area contributed by atoms with Crippen LogP contribution in [0.3, 0.4) is 0 Å². The first-order chi connectivity index (χ1) is 8.55. The standard InChI is InChI=1S/C13H20N2O2S/c1-11-4-6-12(7-5-11)9-15-18(16,17)10-13-3-2-8-14-13/h4-7,13-15H,2-3,8-10H2,1H3. The van der Waals surface area contributed by atoms with Crippen molar-refractivity contribution < 1.29 is 8.42 Å². The lowest BCUT2D eigenvalue weighted by Crippen LogP contribution is -2.36. The Bertz CT molecular complexity index is 476. The van der Waals surface area contributed by atoms with Gasteiger partial charge in [0, 0.05) is 12.6 Å². The maximum Gasteiger partial charge on any atom is 0.213 e. The van der Waals surface area contributed by atoms with Gasteiger partial charge in [-0.15, -0.1) is 0 Å². The Balaban J connectivity index is 1.86. The fourth-order valence-electron chi connectivity index (χ4n) is 2.12. The predicted octanol–water partition coefficient (Wildman–Crippen LogP) is 1.17. The number of benzene rings is 1. The maximum atomic E-state index is 11.9. The van der Waals surface area contributed by atoms with Crippen LogP contribution in [0, 0.1) is 6.92 Å². The van der Waals surface area contributed by atoms with Gasteiger partial charge in [0.05, 0.1) is 5.75 Å². The molecule has 4 nitrogen and oxygen atoms in total. The normalized spacial score (nSPS) is 20.2. The van der Waals surface area contributed by atoms with Crippen molar-refractivity contribution in [3.63, 3.8) is 0 Å². The van der Waals surface area contributed by atoms with Crippen molar-refractivity contribution in [1.82, 2.24) is 10.0 Å². The highest BCUT2D eigenvalue weighted by atomic mass is 32.2. The second-order valence-electron chi connectivity index (χ2n) is 4.88. The molecule has 1 unspecified atom stereocenters. The molecule has 1 heterocycles. The first-order valence-corrected chi connectivity index (χ1v) is 7.97. The third-order valence-corrected chi connectivity index (χ3v) is 4.63. The zero-order valence-corrected chi connectivity index (χ0v) is 11.5. The minimum absolute atomic E-state index is 0.112. The van der Waals surface area contributed by atoms with E-state index in [1.807, 2.05) is 31.2 Å². The molecule has 1 aliphatic rings. The Hall–Kier alpha value is -0.910. The second-order valence-corrected chi connectivity index (χ2v) is 6.73. The van der Waals surface area contributed by atoms with Crippen molar-refractivity contribution in [2.45, 2.75) is 32.4 Å². The Kier molecular flexibility index (Phi) is 4.37. The maximum absolute atomic E-state index is 11.9. The molecule has 0 radical (unpaired) electrons. The SMILES string of the molecule is Cc1ccc(CNS(=O)(=O)CC2CCCN2)cc1. The van der Waals surface area contributed by atoms with Gasteiger partial charge in [-0.2, -0.15) is 0 Å². The summed E-state index contributed by atoms with van der Waals surface area (Å²) < 4.78 is 26.4. The lowest BCUT2D eigenvalue weighted by atomic mass is 10.2. The Morgan fingerprint density at radius 3 is 2.67 bits per heavy atom. The van der Waals surface area contributed by atoms with E-state index in [-0.39, 0.29) is 11.8 Å². The van der Waals surface area contributed by atoms with Gasteiger partial charge in [-0.3, -0.25) is 0 Å². The summed E-state index contributed by atoms with van der Waals surface area (Å²) >= 11 is 0. The lowest BCUT2D eigenvalue weighted by Gasteiger charge is -2.12. The molecule has 0 bridgehead atoms. The number of aryl methyl sites for hydroxylation is 1. The van der Waals surface area contributed by atoms with Gasteiger partial charge in [0.15, 0.2) is 0 Å². The van der Waals surface area contributed by atoms with E-state index in [1.54, 1.807) is 0 Å². The van der Waals surface area contributed by atoms with Gasteiger partial charge < -0.3 is 5.32 Å². The monoisotopic (exact) mass is 268 g/mol. The van der Waals surface area contributed by atoms with Crippen LogP contribution in [0.5, 0.6) is 0 Å². The number of hydrogen-bond donors (Lipinski definition) is 2. The average Bonchev–Trinajstić information content (AvgIpc) is 2.80. The molecule has 2 rings (SSSR count). The van der Waals surface area contributed by atoms with Crippen LogP contribution in [0.2, 0.25) is 0 Å². The van der Waals surface area contributed by atoms with Gasteiger partial charge in [-0.25, -0.2) is 13.1 Å². The van der Waals surface area contributed by atoms with E-state index in [2.05, 4.69) is 10.0 Å². The molecule has 2 N–H and O–H groups in total. The number of sulfonamides is 1. The van der Waals surface area contributed by atoms with Crippen LogP contribution >= 0.6 is 0 Å². The Morgan fingerprint density at radius 2 is 2.06 bits per heavy atom. The Morgan fingerprint density at radius 1 is 1.33 bits per heavy atom. The van der Waals surface area contributed by atoms with E-state index < -0.39 is 10.0 Å². The van der Waals surface area contributed by atoms with Gasteiger partial charge in [-0.1, -0.05) is 29.8 Å². The molecule has 1 atom stereocenters. The fraction of sp³-hybridized carbons (Fsp3) is 0.538. The molecule has 0 aromatic heterocycles. The summed E-state index contributed by atoms with van der Waals surface area (Å²) in [6.07, 6.45) is 2.02. The van der Waals surface area contributed by atoms with Crippen LogP contribution in [0.15, 0.2) is 24.3 Å². The average molecular weight is 268 g/mol. The number of rotatable bonds is 5. The van der Waals surface area contributed by atoms with Crippen LogP contribution in [-0.4, -0.2) is 26.8 Å². The van der Waals surface area contributed by atoms with E-state index in [1.165, 1.54) is 5.56 Å². The summed E-state index contributed by atoms with van der Waals surface area (Å²) in [6.45, 7) is 3.31. The number of hydrogen-bond acceptors (Lipinski definition) is 3. The molecular weight excluding hydrogens is 248 g/mol. The van der Waals surface area contributed by atoms with Crippen LogP contribution in [0.1, 0.15) is 24.0 Å². The van der Waals surface area contributed by atoms with E-state index in [4.69, 9.17) is 0 Å². The molecule has 1 aromatic rings. The summed E-state index contributed by atoms with van der Waals surface area (Å²) in [5, 5.41) is 3.20. The molecule has 0 amide bonds. The highest BCUT2D eigenvalue weighted by molar-refractivity contribution is 7.89. The third-order valence-electron chi connectivity index (χ3n) is 3.20. The van der Waals surface area contributed by atoms with Gasteiger partial charge in [0.2, 0.25) is 10.0 Å². The Labute approximate surface area is 109 Å². The van der Waals surface area contributed by atoms with Crippen molar-refractivity contribution in [2.75, 3.05) is 12.3 Å². The second kappa shape index (κ2) is 5.82. The molecule has 1 fully saturated rings. The van der Waals surface area contributed by atoms with Crippen LogP contribution in [0.4, 0.5) is 0 Å². The number of nitrogens with one attached hydrogen (secondary N) is 2. The van der Waals surface area contributed by atoms with Crippen LogP contribution in [-0.2, 0) is 16.6 Å². The highest BCUT2D eigenvalue weighted by Crippen LogP contribution is 2.08. The molecule has 1 saturated heterocycles. The molecule has 1 aliphatic heterocycles. The molecule has 100 valence electrons. The van der Waals surface area contributed by atoms with E-state index in [9.17, 15) is 8.42 Å².